The van der Waals surface area contributed by atoms with E-state index < -0.39 is 0 Å². The number of aryl methyl sites for hydroxylation is 1. The van der Waals surface area contributed by atoms with Gasteiger partial charge in [-0.1, -0.05) is 41.6 Å². The fourth-order valence-corrected chi connectivity index (χ4v) is 5.29. The first-order valence-corrected chi connectivity index (χ1v) is 10.6. The Morgan fingerprint density at radius 3 is 2.65 bits per heavy atom. The third kappa shape index (κ3) is 3.35. The Kier molecular flexibility index (Phi) is 4.96. The van der Waals surface area contributed by atoms with Crippen LogP contribution in [0.1, 0.15) is 25.3 Å². The zero-order valence-corrected chi connectivity index (χ0v) is 16.6. The van der Waals surface area contributed by atoms with Crippen LogP contribution < -0.4 is 0 Å². The van der Waals surface area contributed by atoms with Crippen LogP contribution in [0.4, 0.5) is 0 Å². The molecule has 0 unspecified atom stereocenters. The first-order valence-electron chi connectivity index (χ1n) is 8.88. The average Bonchev–Trinajstić information content (AvgIpc) is 3.32. The van der Waals surface area contributed by atoms with Gasteiger partial charge >= 0.3 is 0 Å². The van der Waals surface area contributed by atoms with Crippen LogP contribution in [-0.4, -0.2) is 39.1 Å². The van der Waals surface area contributed by atoms with Crippen molar-refractivity contribution in [1.29, 1.82) is 0 Å². The summed E-state index contributed by atoms with van der Waals surface area (Å²) in [6.07, 6.45) is 3.83. The van der Waals surface area contributed by atoms with Gasteiger partial charge in [0.25, 0.3) is 0 Å². The maximum absolute atomic E-state index is 12.7. The van der Waals surface area contributed by atoms with E-state index in [4.69, 9.17) is 0 Å². The van der Waals surface area contributed by atoms with E-state index in [2.05, 4.69) is 46.5 Å². The highest BCUT2D eigenvalue weighted by molar-refractivity contribution is 8.00. The quantitative estimate of drug-likeness (QED) is 0.481. The van der Waals surface area contributed by atoms with E-state index in [1.54, 1.807) is 29.4 Å². The van der Waals surface area contributed by atoms with E-state index in [1.165, 1.54) is 5.56 Å². The van der Waals surface area contributed by atoms with Crippen LogP contribution in [0.2, 0.25) is 0 Å². The normalized spacial score (nSPS) is 15.5. The molecule has 1 aliphatic heterocycles. The van der Waals surface area contributed by atoms with Crippen molar-refractivity contribution >= 4 is 39.2 Å². The van der Waals surface area contributed by atoms with Gasteiger partial charge in [-0.2, -0.15) is 0 Å². The van der Waals surface area contributed by atoms with Gasteiger partial charge in [0.1, 0.15) is 16.2 Å². The zero-order chi connectivity index (χ0) is 18.1. The Morgan fingerprint density at radius 2 is 1.92 bits per heavy atom. The Hall–Kier alpha value is -1.92. The fourth-order valence-electron chi connectivity index (χ4n) is 3.30. The van der Waals surface area contributed by atoms with Crippen LogP contribution in [0.5, 0.6) is 0 Å². The summed E-state index contributed by atoms with van der Waals surface area (Å²) in [6.45, 7) is 5.84. The minimum Gasteiger partial charge on any atom is -0.342 e. The molecule has 0 aliphatic carbocycles. The van der Waals surface area contributed by atoms with Gasteiger partial charge < -0.3 is 4.90 Å². The Morgan fingerprint density at radius 1 is 1.19 bits per heavy atom. The van der Waals surface area contributed by atoms with Gasteiger partial charge in [-0.3, -0.25) is 4.79 Å². The van der Waals surface area contributed by atoms with Crippen molar-refractivity contribution in [2.75, 3.05) is 13.1 Å². The molecular weight excluding hydrogens is 362 g/mol. The highest BCUT2D eigenvalue weighted by Crippen LogP contribution is 2.39. The van der Waals surface area contributed by atoms with E-state index in [0.29, 0.717) is 0 Å². The summed E-state index contributed by atoms with van der Waals surface area (Å²) in [4.78, 5) is 24.6. The number of nitrogens with zero attached hydrogens (tertiary/aromatic N) is 3. The molecule has 1 saturated heterocycles. The number of fused-ring (bicyclic) bond motifs is 1. The lowest BCUT2D eigenvalue weighted by atomic mass is 10.1. The zero-order valence-electron chi connectivity index (χ0n) is 14.9. The Bertz CT molecular complexity index is 930. The van der Waals surface area contributed by atoms with Gasteiger partial charge in [-0.15, -0.1) is 11.3 Å². The van der Waals surface area contributed by atoms with Gasteiger partial charge in [0.15, 0.2) is 0 Å². The summed E-state index contributed by atoms with van der Waals surface area (Å²) in [5.41, 5.74) is 3.55. The minimum atomic E-state index is -0.142. The molecule has 3 aromatic rings. The molecule has 1 fully saturated rings. The molecule has 2 aromatic heterocycles. The molecule has 1 amide bonds. The number of thioether (sulfide) groups is 1. The maximum Gasteiger partial charge on any atom is 0.235 e. The average molecular weight is 384 g/mol. The van der Waals surface area contributed by atoms with E-state index in [-0.39, 0.29) is 11.2 Å². The number of hydrogen-bond acceptors (Lipinski definition) is 5. The highest BCUT2D eigenvalue weighted by Gasteiger charge is 2.25. The van der Waals surface area contributed by atoms with Crippen LogP contribution in [-0.2, 0) is 4.79 Å². The van der Waals surface area contributed by atoms with Crippen LogP contribution in [0, 0.1) is 6.92 Å². The van der Waals surface area contributed by atoms with E-state index in [9.17, 15) is 4.79 Å². The molecule has 0 saturated carbocycles. The van der Waals surface area contributed by atoms with Gasteiger partial charge in [-0.05, 0) is 32.3 Å². The van der Waals surface area contributed by atoms with Gasteiger partial charge in [0.05, 0.1) is 10.6 Å². The number of carbonyl (C=O) groups excluding carboxylic acids is 1. The van der Waals surface area contributed by atoms with Crippen molar-refractivity contribution in [3.8, 4) is 11.1 Å². The predicted molar refractivity (Wildman–Crippen MR) is 109 cm³/mol. The van der Waals surface area contributed by atoms with Crippen LogP contribution in [0.15, 0.2) is 41.0 Å². The third-order valence-corrected chi connectivity index (χ3v) is 6.73. The van der Waals surface area contributed by atoms with Crippen molar-refractivity contribution in [2.24, 2.45) is 0 Å². The summed E-state index contributed by atoms with van der Waals surface area (Å²) in [5, 5.41) is 3.96. The Balaban J connectivity index is 1.67. The number of carbonyl (C=O) groups is 1. The summed E-state index contributed by atoms with van der Waals surface area (Å²) >= 11 is 3.18. The standard InChI is InChI=1S/C20H21N3OS2/c1-13-5-7-15(8-6-13)16-11-25-18-17(16)19(22-12-21-18)26-14(2)20(24)23-9-3-4-10-23/h5-8,11-12,14H,3-4,9-10H2,1-2H3/t14-/m1/s1. The van der Waals surface area contributed by atoms with Crippen LogP contribution >= 0.6 is 23.1 Å². The second kappa shape index (κ2) is 7.37. The number of aromatic nitrogens is 2. The van der Waals surface area contributed by atoms with Gasteiger partial charge in [-0.25, -0.2) is 9.97 Å². The molecule has 6 heteroatoms. The number of thiophene rings is 1. The second-order valence-electron chi connectivity index (χ2n) is 6.67. The number of benzene rings is 1. The SMILES string of the molecule is Cc1ccc(-c2csc3ncnc(S[C@H](C)C(=O)N4CCCC4)c23)cc1. The number of hydrogen-bond donors (Lipinski definition) is 0. The summed E-state index contributed by atoms with van der Waals surface area (Å²) in [5.74, 6) is 0.214. The number of amides is 1. The molecule has 1 atom stereocenters. The molecular formula is C20H21N3OS2. The smallest absolute Gasteiger partial charge is 0.235 e. The molecule has 4 nitrogen and oxygen atoms in total. The predicted octanol–water partition coefficient (Wildman–Crippen LogP) is 4.77. The summed E-state index contributed by atoms with van der Waals surface area (Å²) in [6, 6.07) is 8.51. The first-order chi connectivity index (χ1) is 12.6. The maximum atomic E-state index is 12.7. The lowest BCUT2D eigenvalue weighted by molar-refractivity contribution is -0.129. The lowest BCUT2D eigenvalue weighted by Gasteiger charge is -2.19. The van der Waals surface area contributed by atoms with E-state index in [1.807, 2.05) is 11.8 Å². The van der Waals surface area contributed by atoms with Crippen LogP contribution in [0.3, 0.4) is 0 Å². The molecule has 134 valence electrons. The number of rotatable bonds is 4. The van der Waals surface area contributed by atoms with Crippen molar-refractivity contribution in [1.82, 2.24) is 14.9 Å². The molecule has 26 heavy (non-hydrogen) atoms. The van der Waals surface area contributed by atoms with Crippen LogP contribution in [0.25, 0.3) is 21.3 Å². The van der Waals surface area contributed by atoms with Crippen molar-refractivity contribution in [3.05, 3.63) is 41.5 Å². The van der Waals surface area contributed by atoms with Gasteiger partial charge in [0, 0.05) is 24.0 Å². The highest BCUT2D eigenvalue weighted by atomic mass is 32.2. The molecule has 4 rings (SSSR count). The number of likely N-dealkylation sites (tertiary alicyclic amines) is 1. The topological polar surface area (TPSA) is 46.1 Å². The summed E-state index contributed by atoms with van der Waals surface area (Å²) in [7, 11) is 0. The van der Waals surface area contributed by atoms with Crippen molar-refractivity contribution < 1.29 is 4.79 Å². The van der Waals surface area contributed by atoms with Crippen molar-refractivity contribution in [2.45, 2.75) is 37.0 Å². The molecule has 1 aromatic carbocycles. The molecule has 0 N–H and O–H groups in total. The van der Waals surface area contributed by atoms with E-state index in [0.717, 1.165) is 52.3 Å². The molecule has 0 radical (unpaired) electrons. The fraction of sp³-hybridized carbons (Fsp3) is 0.350. The third-order valence-electron chi connectivity index (χ3n) is 4.75. The molecule has 3 heterocycles. The van der Waals surface area contributed by atoms with Gasteiger partial charge in [0.2, 0.25) is 5.91 Å². The first kappa shape index (κ1) is 17.5. The molecule has 1 aliphatic rings. The minimum absolute atomic E-state index is 0.142. The summed E-state index contributed by atoms with van der Waals surface area (Å²) < 4.78 is 0. The monoisotopic (exact) mass is 383 g/mol. The Labute approximate surface area is 161 Å². The largest absolute Gasteiger partial charge is 0.342 e. The lowest BCUT2D eigenvalue weighted by Crippen LogP contribution is -2.34. The molecule has 0 bridgehead atoms. The van der Waals surface area contributed by atoms with E-state index >= 15 is 0 Å². The molecule has 0 spiro atoms. The second-order valence-corrected chi connectivity index (χ2v) is 8.85. The van der Waals surface area contributed by atoms with Crippen molar-refractivity contribution in [3.63, 3.8) is 0 Å².